The zero-order valence-electron chi connectivity index (χ0n) is 16.2. The highest BCUT2D eigenvalue weighted by atomic mass is 32.2. The first kappa shape index (κ1) is 19.4. The molecule has 0 fully saturated rings. The smallest absolute Gasteiger partial charge is 0.233 e. The van der Waals surface area contributed by atoms with Crippen LogP contribution in [0.3, 0.4) is 0 Å². The second kappa shape index (κ2) is 8.53. The van der Waals surface area contributed by atoms with Crippen LogP contribution in [0, 0.1) is 0 Å². The zero-order chi connectivity index (χ0) is 19.4. The van der Waals surface area contributed by atoms with Gasteiger partial charge < -0.3 is 4.90 Å². The number of nitrogens with zero attached hydrogens (tertiary/aromatic N) is 3. The molecule has 0 aliphatic heterocycles. The maximum Gasteiger partial charge on any atom is 0.233 e. The van der Waals surface area contributed by atoms with Gasteiger partial charge in [0, 0.05) is 23.0 Å². The molecule has 27 heavy (non-hydrogen) atoms. The summed E-state index contributed by atoms with van der Waals surface area (Å²) in [6.45, 7) is 8.21. The molecule has 1 amide bonds. The van der Waals surface area contributed by atoms with Crippen LogP contribution in [0.2, 0.25) is 0 Å². The molecular weight excluding hydrogens is 354 g/mol. The lowest BCUT2D eigenvalue weighted by molar-refractivity contribution is -0.131. The molecule has 0 bridgehead atoms. The third-order valence-corrected chi connectivity index (χ3v) is 5.31. The van der Waals surface area contributed by atoms with Gasteiger partial charge in [-0.25, -0.2) is 9.97 Å². The second-order valence-electron chi connectivity index (χ2n) is 7.01. The molecule has 0 saturated carbocycles. The van der Waals surface area contributed by atoms with Gasteiger partial charge in [0.1, 0.15) is 5.03 Å². The van der Waals surface area contributed by atoms with E-state index in [4.69, 9.17) is 9.97 Å². The summed E-state index contributed by atoms with van der Waals surface area (Å²) in [4.78, 5) is 24.2. The van der Waals surface area contributed by atoms with Gasteiger partial charge in [-0.1, -0.05) is 60.3 Å². The second-order valence-corrected chi connectivity index (χ2v) is 7.98. The number of benzene rings is 2. The first-order chi connectivity index (χ1) is 13.0. The van der Waals surface area contributed by atoms with Gasteiger partial charge in [-0.15, -0.1) is 0 Å². The molecule has 1 aromatic heterocycles. The summed E-state index contributed by atoms with van der Waals surface area (Å²) in [5, 5.41) is 1.83. The first-order valence-corrected chi connectivity index (χ1v) is 10.2. The lowest BCUT2D eigenvalue weighted by Crippen LogP contribution is -2.43. The zero-order valence-corrected chi connectivity index (χ0v) is 17.0. The normalized spacial score (nSPS) is 11.3. The summed E-state index contributed by atoms with van der Waals surface area (Å²) in [6.07, 6.45) is 0. The van der Waals surface area contributed by atoms with Gasteiger partial charge in [-0.05, 0) is 33.8 Å². The monoisotopic (exact) mass is 379 g/mol. The molecule has 0 saturated heterocycles. The largest absolute Gasteiger partial charge is 0.337 e. The molecule has 5 heteroatoms. The lowest BCUT2D eigenvalue weighted by atomic mass is 10.2. The molecule has 0 atom stereocenters. The topological polar surface area (TPSA) is 46.1 Å². The van der Waals surface area contributed by atoms with E-state index in [1.807, 2.05) is 59.5 Å². The first-order valence-electron chi connectivity index (χ1n) is 9.23. The molecule has 3 rings (SSSR count). The van der Waals surface area contributed by atoms with Crippen LogP contribution in [0.1, 0.15) is 27.7 Å². The van der Waals surface area contributed by atoms with E-state index in [1.165, 1.54) is 11.8 Å². The maximum absolute atomic E-state index is 12.8. The third kappa shape index (κ3) is 4.48. The quantitative estimate of drug-likeness (QED) is 0.445. The van der Waals surface area contributed by atoms with E-state index in [1.54, 1.807) is 0 Å². The van der Waals surface area contributed by atoms with Gasteiger partial charge in [-0.3, -0.25) is 4.79 Å². The van der Waals surface area contributed by atoms with Crippen molar-refractivity contribution in [1.29, 1.82) is 0 Å². The van der Waals surface area contributed by atoms with E-state index in [0.29, 0.717) is 11.6 Å². The Morgan fingerprint density at radius 3 is 2.22 bits per heavy atom. The summed E-state index contributed by atoms with van der Waals surface area (Å²) in [7, 11) is 0. The molecule has 0 N–H and O–H groups in total. The summed E-state index contributed by atoms with van der Waals surface area (Å²) >= 11 is 1.49. The van der Waals surface area contributed by atoms with Crippen LogP contribution in [0.5, 0.6) is 0 Å². The minimum Gasteiger partial charge on any atom is -0.337 e. The SMILES string of the molecule is CC(C)N(C(=O)CSc1nc(-c2ccccc2)nc2ccccc12)C(C)C. The van der Waals surface area contributed by atoms with E-state index in [-0.39, 0.29) is 18.0 Å². The Bertz CT molecular complexity index is 917. The molecule has 0 aliphatic carbocycles. The minimum absolute atomic E-state index is 0.133. The Hall–Kier alpha value is -2.40. The van der Waals surface area contributed by atoms with Gasteiger partial charge >= 0.3 is 0 Å². The van der Waals surface area contributed by atoms with Crippen molar-refractivity contribution in [3.8, 4) is 11.4 Å². The van der Waals surface area contributed by atoms with Crippen molar-refractivity contribution >= 4 is 28.6 Å². The van der Waals surface area contributed by atoms with Crippen molar-refractivity contribution in [1.82, 2.24) is 14.9 Å². The van der Waals surface area contributed by atoms with E-state index in [9.17, 15) is 4.79 Å². The predicted molar refractivity (Wildman–Crippen MR) is 113 cm³/mol. The fourth-order valence-corrected chi connectivity index (χ4v) is 4.14. The van der Waals surface area contributed by atoms with Crippen molar-refractivity contribution in [3.63, 3.8) is 0 Å². The van der Waals surface area contributed by atoms with Crippen LogP contribution in [0.15, 0.2) is 59.6 Å². The number of fused-ring (bicyclic) bond motifs is 1. The number of carbonyl (C=O) groups excluding carboxylic acids is 1. The van der Waals surface area contributed by atoms with Crippen LogP contribution >= 0.6 is 11.8 Å². The van der Waals surface area contributed by atoms with Crippen LogP contribution in [-0.4, -0.2) is 38.6 Å². The average Bonchev–Trinajstić information content (AvgIpc) is 2.66. The number of hydrogen-bond donors (Lipinski definition) is 0. The van der Waals surface area contributed by atoms with Crippen LogP contribution in [0.4, 0.5) is 0 Å². The molecule has 0 spiro atoms. The minimum atomic E-state index is 0.133. The van der Waals surface area contributed by atoms with Gasteiger partial charge in [0.05, 0.1) is 11.3 Å². The van der Waals surface area contributed by atoms with Gasteiger partial charge in [0.2, 0.25) is 5.91 Å². The summed E-state index contributed by atoms with van der Waals surface area (Å²) < 4.78 is 0. The van der Waals surface area contributed by atoms with Crippen LogP contribution < -0.4 is 0 Å². The van der Waals surface area contributed by atoms with Gasteiger partial charge in [0.25, 0.3) is 0 Å². The van der Waals surface area contributed by atoms with E-state index in [0.717, 1.165) is 21.5 Å². The standard InChI is InChI=1S/C22H25N3OS/c1-15(2)25(16(3)4)20(26)14-27-22-18-12-8-9-13-19(18)23-21(24-22)17-10-6-5-7-11-17/h5-13,15-16H,14H2,1-4H3. The summed E-state index contributed by atoms with van der Waals surface area (Å²) in [5.41, 5.74) is 1.87. The molecule has 140 valence electrons. The molecule has 2 aromatic carbocycles. The number of amides is 1. The molecule has 0 unspecified atom stereocenters. The fraction of sp³-hybridized carbons (Fsp3) is 0.318. The fourth-order valence-electron chi connectivity index (χ4n) is 3.25. The van der Waals surface area contributed by atoms with E-state index < -0.39 is 0 Å². The molecule has 0 aliphatic rings. The van der Waals surface area contributed by atoms with Gasteiger partial charge in [-0.2, -0.15) is 0 Å². The van der Waals surface area contributed by atoms with Crippen molar-refractivity contribution in [3.05, 3.63) is 54.6 Å². The van der Waals surface area contributed by atoms with E-state index >= 15 is 0 Å². The molecule has 1 heterocycles. The summed E-state index contributed by atoms with van der Waals surface area (Å²) in [6, 6.07) is 18.3. The molecular formula is C22H25N3OS. The van der Waals surface area contributed by atoms with Crippen LogP contribution in [0.25, 0.3) is 22.3 Å². The molecule has 4 nitrogen and oxygen atoms in total. The Morgan fingerprint density at radius 1 is 0.926 bits per heavy atom. The average molecular weight is 380 g/mol. The number of aromatic nitrogens is 2. The Balaban J connectivity index is 1.92. The third-order valence-electron chi connectivity index (χ3n) is 4.33. The highest BCUT2D eigenvalue weighted by Gasteiger charge is 2.21. The number of thioether (sulfide) groups is 1. The Kier molecular flexibility index (Phi) is 6.11. The summed E-state index contributed by atoms with van der Waals surface area (Å²) in [5.74, 6) is 1.19. The van der Waals surface area contributed by atoms with Crippen molar-refractivity contribution < 1.29 is 4.79 Å². The van der Waals surface area contributed by atoms with Crippen molar-refractivity contribution in [2.24, 2.45) is 0 Å². The van der Waals surface area contributed by atoms with Crippen molar-refractivity contribution in [2.75, 3.05) is 5.75 Å². The highest BCUT2D eigenvalue weighted by Crippen LogP contribution is 2.28. The number of carbonyl (C=O) groups is 1. The highest BCUT2D eigenvalue weighted by molar-refractivity contribution is 8.00. The molecule has 0 radical (unpaired) electrons. The molecule has 3 aromatic rings. The number of para-hydroxylation sites is 1. The maximum atomic E-state index is 12.8. The predicted octanol–water partition coefficient (Wildman–Crippen LogP) is 5.03. The number of hydrogen-bond acceptors (Lipinski definition) is 4. The van der Waals surface area contributed by atoms with Crippen LogP contribution in [-0.2, 0) is 4.79 Å². The van der Waals surface area contributed by atoms with Crippen molar-refractivity contribution in [2.45, 2.75) is 44.8 Å². The van der Waals surface area contributed by atoms with E-state index in [2.05, 4.69) is 27.7 Å². The number of rotatable bonds is 6. The Labute approximate surface area is 165 Å². The van der Waals surface area contributed by atoms with Gasteiger partial charge in [0.15, 0.2) is 5.82 Å². The lowest BCUT2D eigenvalue weighted by Gasteiger charge is -2.30. The Morgan fingerprint density at radius 2 is 1.56 bits per heavy atom.